The summed E-state index contributed by atoms with van der Waals surface area (Å²) in [5.74, 6) is 5.71. The molecule has 1 aliphatic heterocycles. The Balaban J connectivity index is 1.44. The SMILES string of the molecule is CCC1CN(c2ccc(CCC(=O)O)c(F)c2)CCC1OC/C(=C(/N)C1CC1)N(N)c1c(Cl)cccc1Cl. The summed E-state index contributed by atoms with van der Waals surface area (Å²) in [6.45, 7) is 3.77. The van der Waals surface area contributed by atoms with Crippen LogP contribution in [0.3, 0.4) is 0 Å². The average molecular weight is 566 g/mol. The molecule has 2 unspecified atom stereocenters. The number of halogens is 3. The molecular formula is C28H35Cl2FN4O3. The summed E-state index contributed by atoms with van der Waals surface area (Å²) >= 11 is 12.8. The van der Waals surface area contributed by atoms with Gasteiger partial charge in [0.05, 0.1) is 34.1 Å². The number of piperidine rings is 1. The predicted octanol–water partition coefficient (Wildman–Crippen LogP) is 5.73. The summed E-state index contributed by atoms with van der Waals surface area (Å²) in [6.07, 6.45) is 3.73. The van der Waals surface area contributed by atoms with Gasteiger partial charge in [-0.15, -0.1) is 0 Å². The molecular weight excluding hydrogens is 530 g/mol. The first-order valence-corrected chi connectivity index (χ1v) is 13.8. The van der Waals surface area contributed by atoms with E-state index in [2.05, 4.69) is 11.8 Å². The van der Waals surface area contributed by atoms with Gasteiger partial charge >= 0.3 is 5.97 Å². The first kappa shape index (κ1) is 28.5. The summed E-state index contributed by atoms with van der Waals surface area (Å²) in [7, 11) is 0. The van der Waals surface area contributed by atoms with E-state index in [0.717, 1.165) is 37.9 Å². The van der Waals surface area contributed by atoms with E-state index in [0.29, 0.717) is 39.2 Å². The number of para-hydroxylation sites is 1. The standard InChI is InChI=1S/C28H35Cl2FN4O3/c1-2-17-15-34(20-10-8-18(23(31)14-20)9-11-26(36)37)13-12-25(17)38-16-24(27(32)19-6-7-19)35(33)28-21(29)4-3-5-22(28)30/h3-5,8,10,14,17,19,25H,2,6-7,9,11-13,15-16,32-33H2,1H3,(H,36,37)/b27-24-. The van der Waals surface area contributed by atoms with Gasteiger partial charge in [-0.2, -0.15) is 0 Å². The van der Waals surface area contributed by atoms with Crippen molar-refractivity contribution in [2.45, 2.75) is 51.6 Å². The number of carboxylic acids is 1. The zero-order valence-corrected chi connectivity index (χ0v) is 23.0. The Labute approximate surface area is 233 Å². The van der Waals surface area contributed by atoms with Crippen molar-refractivity contribution in [2.24, 2.45) is 23.4 Å². The molecule has 0 aromatic heterocycles. The van der Waals surface area contributed by atoms with Crippen LogP contribution in [0.5, 0.6) is 0 Å². The summed E-state index contributed by atoms with van der Waals surface area (Å²) in [6, 6.07) is 10.3. The van der Waals surface area contributed by atoms with E-state index in [9.17, 15) is 9.18 Å². The van der Waals surface area contributed by atoms with Crippen molar-refractivity contribution >= 4 is 40.5 Å². The van der Waals surface area contributed by atoms with E-state index in [4.69, 9.17) is 44.6 Å². The van der Waals surface area contributed by atoms with Crippen LogP contribution in [0, 0.1) is 17.7 Å². The Bertz CT molecular complexity index is 1170. The first-order chi connectivity index (χ1) is 18.2. The van der Waals surface area contributed by atoms with Crippen LogP contribution < -0.4 is 21.5 Å². The number of aliphatic carboxylic acids is 1. The van der Waals surface area contributed by atoms with E-state index in [1.54, 1.807) is 24.3 Å². The Hall–Kier alpha value is -2.52. The summed E-state index contributed by atoms with van der Waals surface area (Å²) in [4.78, 5) is 13.0. The number of carboxylic acid groups (broad SMARTS) is 1. The lowest BCUT2D eigenvalue weighted by Gasteiger charge is -2.40. The minimum absolute atomic E-state index is 0.0203. The second kappa shape index (κ2) is 12.6. The van der Waals surface area contributed by atoms with E-state index in [1.807, 2.05) is 6.07 Å². The Morgan fingerprint density at radius 2 is 1.92 bits per heavy atom. The highest BCUT2D eigenvalue weighted by Crippen LogP contribution is 2.39. The number of aryl methyl sites for hydroxylation is 1. The van der Waals surface area contributed by atoms with Gasteiger partial charge in [-0.1, -0.05) is 42.3 Å². The second-order valence-corrected chi connectivity index (χ2v) is 10.9. The van der Waals surface area contributed by atoms with Gasteiger partial charge in [0.15, 0.2) is 0 Å². The molecule has 1 aliphatic carbocycles. The van der Waals surface area contributed by atoms with Crippen LogP contribution in [0.25, 0.3) is 0 Å². The third-order valence-corrected chi connectivity index (χ3v) is 8.06. The maximum absolute atomic E-state index is 14.6. The lowest BCUT2D eigenvalue weighted by atomic mass is 9.91. The lowest BCUT2D eigenvalue weighted by Crippen LogP contribution is -2.45. The van der Waals surface area contributed by atoms with Crippen molar-refractivity contribution < 1.29 is 19.0 Å². The van der Waals surface area contributed by atoms with Crippen LogP contribution >= 0.6 is 23.2 Å². The zero-order valence-electron chi connectivity index (χ0n) is 21.5. The summed E-state index contributed by atoms with van der Waals surface area (Å²) in [5, 5.41) is 11.2. The number of benzene rings is 2. The number of hydrogen-bond donors (Lipinski definition) is 3. The van der Waals surface area contributed by atoms with Crippen molar-refractivity contribution in [1.82, 2.24) is 0 Å². The minimum atomic E-state index is -0.939. The van der Waals surface area contributed by atoms with E-state index < -0.39 is 5.97 Å². The Kier molecular flexibility index (Phi) is 9.41. The van der Waals surface area contributed by atoms with Crippen LogP contribution in [-0.2, 0) is 16.0 Å². The molecule has 0 bridgehead atoms. The van der Waals surface area contributed by atoms with Gasteiger partial charge in [-0.25, -0.2) is 10.2 Å². The van der Waals surface area contributed by atoms with Gasteiger partial charge in [-0.05, 0) is 61.9 Å². The van der Waals surface area contributed by atoms with Crippen LogP contribution in [0.1, 0.15) is 44.6 Å². The van der Waals surface area contributed by atoms with Crippen molar-refractivity contribution in [2.75, 3.05) is 29.6 Å². The highest BCUT2D eigenvalue weighted by molar-refractivity contribution is 6.39. The molecule has 10 heteroatoms. The molecule has 4 rings (SSSR count). The third-order valence-electron chi connectivity index (χ3n) is 7.45. The summed E-state index contributed by atoms with van der Waals surface area (Å²) in [5.41, 5.74) is 9.59. The number of allylic oxidation sites excluding steroid dienone is 1. The van der Waals surface area contributed by atoms with Crippen molar-refractivity contribution in [3.8, 4) is 0 Å². The van der Waals surface area contributed by atoms with Crippen molar-refractivity contribution in [3.05, 3.63) is 69.2 Å². The molecule has 2 fully saturated rings. The van der Waals surface area contributed by atoms with Crippen LogP contribution in [0.4, 0.5) is 15.8 Å². The molecule has 2 aliphatic rings. The number of nitrogens with two attached hydrogens (primary N) is 2. The van der Waals surface area contributed by atoms with Crippen molar-refractivity contribution in [1.29, 1.82) is 0 Å². The molecule has 38 heavy (non-hydrogen) atoms. The van der Waals surface area contributed by atoms with Crippen molar-refractivity contribution in [3.63, 3.8) is 0 Å². The fraction of sp³-hybridized carbons (Fsp3) is 0.464. The molecule has 2 atom stereocenters. The average Bonchev–Trinajstić information content (AvgIpc) is 3.73. The molecule has 2 aromatic carbocycles. The molecule has 7 nitrogen and oxygen atoms in total. The molecule has 0 amide bonds. The van der Waals surface area contributed by atoms with Gasteiger partial charge in [-0.3, -0.25) is 9.80 Å². The Morgan fingerprint density at radius 1 is 1.21 bits per heavy atom. The molecule has 5 N–H and O–H groups in total. The number of carbonyl (C=O) groups is 1. The normalized spacial score (nSPS) is 20.3. The number of hydrogen-bond acceptors (Lipinski definition) is 6. The molecule has 1 saturated heterocycles. The molecule has 0 radical (unpaired) electrons. The van der Waals surface area contributed by atoms with Gasteiger partial charge in [0, 0.05) is 42.7 Å². The topological polar surface area (TPSA) is 105 Å². The first-order valence-electron chi connectivity index (χ1n) is 13.0. The number of anilines is 2. The monoisotopic (exact) mass is 564 g/mol. The van der Waals surface area contributed by atoms with E-state index in [-0.39, 0.29) is 43.2 Å². The summed E-state index contributed by atoms with van der Waals surface area (Å²) < 4.78 is 21.1. The number of hydrazine groups is 1. The molecule has 1 heterocycles. The largest absolute Gasteiger partial charge is 0.481 e. The van der Waals surface area contributed by atoms with Gasteiger partial charge in [0.25, 0.3) is 0 Å². The number of rotatable bonds is 11. The molecule has 2 aromatic rings. The molecule has 206 valence electrons. The number of nitrogens with zero attached hydrogens (tertiary/aromatic N) is 2. The Morgan fingerprint density at radius 3 is 2.53 bits per heavy atom. The van der Waals surface area contributed by atoms with Gasteiger partial charge < -0.3 is 20.5 Å². The smallest absolute Gasteiger partial charge is 0.303 e. The van der Waals surface area contributed by atoms with Crippen LogP contribution in [0.2, 0.25) is 10.0 Å². The highest BCUT2D eigenvalue weighted by Gasteiger charge is 2.33. The molecule has 1 saturated carbocycles. The second-order valence-electron chi connectivity index (χ2n) is 10.0. The fourth-order valence-corrected chi connectivity index (χ4v) is 5.58. The maximum atomic E-state index is 14.6. The van der Waals surface area contributed by atoms with E-state index in [1.165, 1.54) is 11.1 Å². The zero-order chi connectivity index (χ0) is 27.4. The number of ether oxygens (including phenoxy) is 1. The minimum Gasteiger partial charge on any atom is -0.481 e. The van der Waals surface area contributed by atoms with E-state index >= 15 is 0 Å². The predicted molar refractivity (Wildman–Crippen MR) is 150 cm³/mol. The fourth-order valence-electron chi connectivity index (χ4n) is 5.00. The lowest BCUT2D eigenvalue weighted by molar-refractivity contribution is -0.136. The quantitative estimate of drug-likeness (QED) is 0.236. The molecule has 0 spiro atoms. The maximum Gasteiger partial charge on any atom is 0.303 e. The van der Waals surface area contributed by atoms with Gasteiger partial charge in [0.2, 0.25) is 0 Å². The third kappa shape index (κ3) is 6.72. The highest BCUT2D eigenvalue weighted by atomic mass is 35.5. The van der Waals surface area contributed by atoms with Crippen LogP contribution in [-0.4, -0.2) is 36.9 Å². The van der Waals surface area contributed by atoms with Gasteiger partial charge in [0.1, 0.15) is 5.82 Å². The van der Waals surface area contributed by atoms with Crippen LogP contribution in [0.15, 0.2) is 47.8 Å².